The Labute approximate surface area is 143 Å². The van der Waals surface area contributed by atoms with Gasteiger partial charge in [-0.15, -0.1) is 0 Å². The summed E-state index contributed by atoms with van der Waals surface area (Å²) in [6.07, 6.45) is 8.31. The lowest BCUT2D eigenvalue weighted by Crippen LogP contribution is -2.37. The van der Waals surface area contributed by atoms with Crippen molar-refractivity contribution in [3.8, 4) is 0 Å². The molecule has 3 rings (SSSR count). The maximum Gasteiger partial charge on any atom is 0.254 e. The second-order valence-corrected chi connectivity index (χ2v) is 7.83. The summed E-state index contributed by atoms with van der Waals surface area (Å²) in [5.74, 6) is -0.0130. The Morgan fingerprint density at radius 1 is 1.29 bits per heavy atom. The van der Waals surface area contributed by atoms with Gasteiger partial charge in [-0.1, -0.05) is 47.0 Å². The summed E-state index contributed by atoms with van der Waals surface area (Å²) in [6.45, 7) is 8.47. The Bertz CT molecular complexity index is 736. The Balaban J connectivity index is 1.94. The van der Waals surface area contributed by atoms with Gasteiger partial charge in [0.1, 0.15) is 0 Å². The van der Waals surface area contributed by atoms with Crippen molar-refractivity contribution in [1.29, 1.82) is 0 Å². The van der Waals surface area contributed by atoms with Crippen molar-refractivity contribution in [2.24, 2.45) is 0 Å². The third-order valence-corrected chi connectivity index (χ3v) is 4.87. The van der Waals surface area contributed by atoms with Gasteiger partial charge in [-0.2, -0.15) is 5.10 Å². The molecular weight excluding hydrogens is 300 g/mol. The zero-order valence-corrected chi connectivity index (χ0v) is 15.2. The zero-order valence-electron chi connectivity index (χ0n) is 15.2. The SMILES string of the molecule is CCc1c(C(=O)NC2CCCCC2)cnc2cc(C(C)(C)C)nn12. The quantitative estimate of drug-likeness (QED) is 0.935. The van der Waals surface area contributed by atoms with E-state index in [0.717, 1.165) is 36.3 Å². The highest BCUT2D eigenvalue weighted by atomic mass is 16.1. The van der Waals surface area contributed by atoms with E-state index in [-0.39, 0.29) is 11.3 Å². The van der Waals surface area contributed by atoms with Gasteiger partial charge in [-0.25, -0.2) is 9.50 Å². The maximum atomic E-state index is 12.7. The molecule has 1 fully saturated rings. The summed E-state index contributed by atoms with van der Waals surface area (Å²) in [6, 6.07) is 2.32. The van der Waals surface area contributed by atoms with Crippen molar-refractivity contribution in [2.45, 2.75) is 77.7 Å². The smallest absolute Gasteiger partial charge is 0.254 e. The van der Waals surface area contributed by atoms with Crippen molar-refractivity contribution >= 4 is 11.6 Å². The molecule has 2 aromatic heterocycles. The Kier molecular flexibility index (Phi) is 4.61. The number of aryl methyl sites for hydroxylation is 1. The first-order chi connectivity index (χ1) is 11.4. The number of nitrogens with one attached hydrogen (secondary N) is 1. The molecule has 130 valence electrons. The van der Waals surface area contributed by atoms with Crippen LogP contribution in [0.4, 0.5) is 0 Å². The molecule has 0 atom stereocenters. The summed E-state index contributed by atoms with van der Waals surface area (Å²) in [5, 5.41) is 7.91. The lowest BCUT2D eigenvalue weighted by Gasteiger charge is -2.23. The van der Waals surface area contributed by atoms with Crippen molar-refractivity contribution in [2.75, 3.05) is 0 Å². The second kappa shape index (κ2) is 6.54. The fourth-order valence-electron chi connectivity index (χ4n) is 3.39. The van der Waals surface area contributed by atoms with Crippen molar-refractivity contribution < 1.29 is 4.79 Å². The molecule has 0 radical (unpaired) electrons. The molecule has 1 aliphatic rings. The van der Waals surface area contributed by atoms with Gasteiger partial charge in [-0.3, -0.25) is 4.79 Å². The summed E-state index contributed by atoms with van der Waals surface area (Å²) >= 11 is 0. The fourth-order valence-corrected chi connectivity index (χ4v) is 3.39. The van der Waals surface area contributed by atoms with Crippen LogP contribution in [-0.2, 0) is 11.8 Å². The number of rotatable bonds is 3. The molecule has 1 N–H and O–H groups in total. The Morgan fingerprint density at radius 3 is 2.62 bits per heavy atom. The standard InChI is InChI=1S/C19H28N4O/c1-5-15-14(18(24)21-13-9-7-6-8-10-13)12-20-17-11-16(19(2,3)4)22-23(15)17/h11-13H,5-10H2,1-4H3,(H,21,24). The fraction of sp³-hybridized carbons (Fsp3) is 0.632. The van der Waals surface area contributed by atoms with E-state index in [1.807, 2.05) is 10.6 Å². The van der Waals surface area contributed by atoms with Gasteiger partial charge in [0, 0.05) is 23.7 Å². The molecule has 0 bridgehead atoms. The molecule has 2 heterocycles. The van der Waals surface area contributed by atoms with Gasteiger partial charge in [0.25, 0.3) is 5.91 Å². The highest BCUT2D eigenvalue weighted by Crippen LogP contribution is 2.23. The molecule has 1 amide bonds. The normalized spacial score (nSPS) is 16.5. The van der Waals surface area contributed by atoms with Gasteiger partial charge < -0.3 is 5.32 Å². The Hall–Kier alpha value is -1.91. The summed E-state index contributed by atoms with van der Waals surface area (Å²) in [7, 11) is 0. The van der Waals surface area contributed by atoms with Gasteiger partial charge in [0.15, 0.2) is 5.65 Å². The van der Waals surface area contributed by atoms with Crippen molar-refractivity contribution in [3.05, 3.63) is 29.2 Å². The number of hydrogen-bond donors (Lipinski definition) is 1. The number of hydrogen-bond acceptors (Lipinski definition) is 3. The lowest BCUT2D eigenvalue weighted by molar-refractivity contribution is 0.0925. The van der Waals surface area contributed by atoms with E-state index in [1.54, 1.807) is 6.20 Å². The lowest BCUT2D eigenvalue weighted by atomic mass is 9.93. The van der Waals surface area contributed by atoms with Crippen LogP contribution < -0.4 is 5.32 Å². The van der Waals surface area contributed by atoms with E-state index in [2.05, 4.69) is 38.0 Å². The predicted octanol–water partition coefficient (Wildman–Crippen LogP) is 3.65. The minimum Gasteiger partial charge on any atom is -0.349 e. The van der Waals surface area contributed by atoms with Crippen molar-refractivity contribution in [3.63, 3.8) is 0 Å². The van der Waals surface area contributed by atoms with Crippen LogP contribution in [0.3, 0.4) is 0 Å². The average molecular weight is 328 g/mol. The van der Waals surface area contributed by atoms with E-state index in [1.165, 1.54) is 19.3 Å². The summed E-state index contributed by atoms with van der Waals surface area (Å²) in [4.78, 5) is 17.2. The molecule has 0 aromatic carbocycles. The molecule has 0 aliphatic heterocycles. The number of carbonyl (C=O) groups excluding carboxylic acids is 1. The van der Waals surface area contributed by atoms with Crippen LogP contribution in [0.1, 0.15) is 81.5 Å². The molecule has 1 saturated carbocycles. The number of nitrogens with zero attached hydrogens (tertiary/aromatic N) is 3. The first-order valence-electron chi connectivity index (χ1n) is 9.09. The first kappa shape index (κ1) is 16.9. The second-order valence-electron chi connectivity index (χ2n) is 7.83. The zero-order chi connectivity index (χ0) is 17.3. The molecule has 5 nitrogen and oxygen atoms in total. The topological polar surface area (TPSA) is 59.3 Å². The van der Waals surface area contributed by atoms with E-state index in [9.17, 15) is 4.79 Å². The number of aromatic nitrogens is 3. The average Bonchev–Trinajstić information content (AvgIpc) is 2.99. The minimum absolute atomic E-state index is 0.0130. The largest absolute Gasteiger partial charge is 0.349 e. The van der Waals surface area contributed by atoms with Gasteiger partial charge in [0.05, 0.1) is 17.0 Å². The molecule has 0 spiro atoms. The molecular formula is C19H28N4O. The monoisotopic (exact) mass is 328 g/mol. The molecule has 5 heteroatoms. The van der Waals surface area contributed by atoms with Gasteiger partial charge in [0.2, 0.25) is 0 Å². The third kappa shape index (κ3) is 3.30. The number of carbonyl (C=O) groups is 1. The van der Waals surface area contributed by atoms with E-state index in [0.29, 0.717) is 11.6 Å². The van der Waals surface area contributed by atoms with E-state index >= 15 is 0 Å². The van der Waals surface area contributed by atoms with Crippen molar-refractivity contribution in [1.82, 2.24) is 19.9 Å². The summed E-state index contributed by atoms with van der Waals surface area (Å²) < 4.78 is 1.84. The van der Waals surface area contributed by atoms with E-state index in [4.69, 9.17) is 5.10 Å². The van der Waals surface area contributed by atoms with E-state index < -0.39 is 0 Å². The third-order valence-electron chi connectivity index (χ3n) is 4.87. The maximum absolute atomic E-state index is 12.7. The van der Waals surface area contributed by atoms with Crippen LogP contribution in [0.25, 0.3) is 5.65 Å². The number of fused-ring (bicyclic) bond motifs is 1. The molecule has 0 unspecified atom stereocenters. The van der Waals surface area contributed by atoms with Gasteiger partial charge in [-0.05, 0) is 19.3 Å². The molecule has 0 saturated heterocycles. The minimum atomic E-state index is -0.0385. The van der Waals surface area contributed by atoms with Gasteiger partial charge >= 0.3 is 0 Å². The highest BCUT2D eigenvalue weighted by molar-refractivity contribution is 5.95. The summed E-state index contributed by atoms with van der Waals surface area (Å²) in [5.41, 5.74) is 3.35. The first-order valence-corrected chi connectivity index (χ1v) is 9.09. The van der Waals surface area contributed by atoms with Crippen LogP contribution >= 0.6 is 0 Å². The molecule has 1 aliphatic carbocycles. The van der Waals surface area contributed by atoms with Crippen LogP contribution in [0.2, 0.25) is 0 Å². The van der Waals surface area contributed by atoms with Crippen LogP contribution in [0, 0.1) is 0 Å². The van der Waals surface area contributed by atoms with Crippen LogP contribution in [0.5, 0.6) is 0 Å². The number of amides is 1. The Morgan fingerprint density at radius 2 is 2.00 bits per heavy atom. The molecule has 2 aromatic rings. The highest BCUT2D eigenvalue weighted by Gasteiger charge is 2.23. The van der Waals surface area contributed by atoms with Crippen LogP contribution in [0.15, 0.2) is 12.3 Å². The predicted molar refractivity (Wildman–Crippen MR) is 95.4 cm³/mol. The van der Waals surface area contributed by atoms with Crippen LogP contribution in [-0.4, -0.2) is 26.5 Å². The molecule has 24 heavy (non-hydrogen) atoms.